The third kappa shape index (κ3) is 7.55. The molecule has 0 rings (SSSR count). The van der Waals surface area contributed by atoms with Gasteiger partial charge in [0.15, 0.2) is 6.21 Å². The number of hydrogen-bond donors (Lipinski definition) is 1. The van der Waals surface area contributed by atoms with E-state index in [1.165, 1.54) is 0 Å². The van der Waals surface area contributed by atoms with E-state index in [-0.39, 0.29) is 12.5 Å². The van der Waals surface area contributed by atoms with Crippen LogP contribution in [0, 0.1) is 22.3 Å². The fraction of sp³-hybridized carbons (Fsp3) is 0.875. The van der Waals surface area contributed by atoms with Gasteiger partial charge in [-0.3, -0.25) is 5.26 Å². The lowest BCUT2D eigenvalue weighted by molar-refractivity contribution is -0.376. The van der Waals surface area contributed by atoms with Crippen LogP contribution in [0.25, 0.3) is 0 Å². The van der Waals surface area contributed by atoms with Crippen molar-refractivity contribution in [2.24, 2.45) is 11.8 Å². The Kier molecular flexibility index (Phi) is 6.26. The normalized spacial score (nSPS) is 12.9. The maximum absolute atomic E-state index is 10.2. The molecular weight excluding hydrogens is 174 g/mol. The van der Waals surface area contributed by atoms with Gasteiger partial charge in [0.2, 0.25) is 0 Å². The van der Waals surface area contributed by atoms with E-state index in [0.717, 1.165) is 12.6 Å². The van der Waals surface area contributed by atoms with E-state index in [4.69, 9.17) is 5.26 Å². The number of nitrogens with zero attached hydrogens (tertiary/aromatic N) is 1. The number of hydrogen-bond acceptors (Lipinski definition) is 4. The van der Waals surface area contributed by atoms with E-state index < -0.39 is 4.90 Å². The second-order valence-electron chi connectivity index (χ2n) is 3.45. The van der Waals surface area contributed by atoms with Crippen molar-refractivity contribution < 1.29 is 15.0 Å². The van der Waals surface area contributed by atoms with Crippen LogP contribution in [0.5, 0.6) is 0 Å². The molecule has 0 aromatic heterocycles. The van der Waals surface area contributed by atoms with E-state index in [2.05, 4.69) is 4.89 Å². The maximum atomic E-state index is 10.2. The summed E-state index contributed by atoms with van der Waals surface area (Å²) in [6, 6.07) is 0. The van der Waals surface area contributed by atoms with E-state index in [0.29, 0.717) is 12.3 Å². The summed E-state index contributed by atoms with van der Waals surface area (Å²) in [5, 5.41) is 28.5. The molecule has 13 heavy (non-hydrogen) atoms. The van der Waals surface area contributed by atoms with Crippen molar-refractivity contribution in [1.82, 2.24) is 0 Å². The lowest BCUT2D eigenvalue weighted by Crippen LogP contribution is -2.13. The molecule has 1 atom stereocenters. The summed E-state index contributed by atoms with van der Waals surface area (Å²) < 4.78 is 0. The lowest BCUT2D eigenvalue weighted by Gasteiger charge is -2.13. The minimum atomic E-state index is -0.440. The molecule has 0 aromatic rings. The molecule has 0 saturated heterocycles. The fourth-order valence-corrected chi connectivity index (χ4v) is 1.23. The van der Waals surface area contributed by atoms with Crippen molar-refractivity contribution in [2.75, 3.05) is 6.61 Å². The first-order chi connectivity index (χ1) is 6.06. The van der Waals surface area contributed by atoms with Crippen LogP contribution in [0.1, 0.15) is 26.7 Å². The van der Waals surface area contributed by atoms with E-state index >= 15 is 0 Å². The minimum absolute atomic E-state index is 0.123. The second-order valence-corrected chi connectivity index (χ2v) is 3.45. The molecule has 78 valence electrons. The standard InChI is InChI=1S/C8H16NO4/c1-7(2)5-8(3-4-13-12)6-9(10)11/h6-8H,3-5H2,1-2H3,(H-,10,11,12)/q-1/t8-/m1/s1. The van der Waals surface area contributed by atoms with Gasteiger partial charge in [-0.25, -0.2) is 4.89 Å². The highest BCUT2D eigenvalue weighted by molar-refractivity contribution is 5.55. The van der Waals surface area contributed by atoms with Crippen LogP contribution in [0.15, 0.2) is 0 Å². The van der Waals surface area contributed by atoms with Gasteiger partial charge in [0.25, 0.3) is 0 Å². The predicted molar refractivity (Wildman–Crippen MR) is 49.2 cm³/mol. The van der Waals surface area contributed by atoms with Crippen molar-refractivity contribution in [3.8, 4) is 0 Å². The molecule has 0 aliphatic heterocycles. The first-order valence-electron chi connectivity index (χ1n) is 4.31. The topological polar surface area (TPSA) is 78.6 Å². The molecule has 1 N–H and O–H groups in total. The van der Waals surface area contributed by atoms with Crippen LogP contribution in [-0.2, 0) is 4.89 Å². The highest BCUT2D eigenvalue weighted by Crippen LogP contribution is 2.13. The zero-order chi connectivity index (χ0) is 10.3. The lowest BCUT2D eigenvalue weighted by atomic mass is 9.96. The van der Waals surface area contributed by atoms with Crippen molar-refractivity contribution in [1.29, 1.82) is 0 Å². The van der Waals surface area contributed by atoms with Gasteiger partial charge in [-0.1, -0.05) is 13.8 Å². The second kappa shape index (κ2) is 6.68. The fourth-order valence-electron chi connectivity index (χ4n) is 1.23. The molecule has 0 bridgehead atoms. The summed E-state index contributed by atoms with van der Waals surface area (Å²) >= 11 is 0. The highest BCUT2D eigenvalue weighted by Gasteiger charge is 2.11. The number of rotatable bonds is 6. The highest BCUT2D eigenvalue weighted by atomic mass is 17.1. The third-order valence-corrected chi connectivity index (χ3v) is 1.69. The van der Waals surface area contributed by atoms with Crippen LogP contribution >= 0.6 is 0 Å². The van der Waals surface area contributed by atoms with Gasteiger partial charge in [-0.05, 0) is 18.8 Å². The largest absolute Gasteiger partial charge is 0.613 e. The van der Waals surface area contributed by atoms with Crippen LogP contribution in [-0.4, -0.2) is 23.0 Å². The van der Waals surface area contributed by atoms with Gasteiger partial charge in [0.1, 0.15) is 0 Å². The van der Waals surface area contributed by atoms with Crippen molar-refractivity contribution >= 4 is 6.21 Å². The SMILES string of the molecule is CC(C)C[C@H](C=[N+]([O-])[O-])CCOO. The quantitative estimate of drug-likeness (QED) is 0.298. The van der Waals surface area contributed by atoms with Crippen LogP contribution in [0.3, 0.4) is 0 Å². The molecular formula is C8H16NO4-. The Labute approximate surface area is 77.7 Å². The van der Waals surface area contributed by atoms with Crippen LogP contribution < -0.4 is 0 Å². The molecule has 0 fully saturated rings. The van der Waals surface area contributed by atoms with Gasteiger partial charge >= 0.3 is 0 Å². The molecule has 5 nitrogen and oxygen atoms in total. The summed E-state index contributed by atoms with van der Waals surface area (Å²) in [5.74, 6) is 0.280. The van der Waals surface area contributed by atoms with Gasteiger partial charge in [0, 0.05) is 5.92 Å². The smallest absolute Gasteiger partial charge is 0.166 e. The molecule has 0 spiro atoms. The summed E-state index contributed by atoms with van der Waals surface area (Å²) in [6.07, 6.45) is 2.29. The Morgan fingerprint density at radius 3 is 2.46 bits per heavy atom. The maximum Gasteiger partial charge on any atom is 0.166 e. The molecule has 0 aromatic carbocycles. The van der Waals surface area contributed by atoms with E-state index in [1.807, 2.05) is 13.8 Å². The Morgan fingerprint density at radius 1 is 1.46 bits per heavy atom. The van der Waals surface area contributed by atoms with Gasteiger partial charge in [-0.15, -0.1) is 0 Å². The summed E-state index contributed by atoms with van der Waals surface area (Å²) in [6.45, 7) is 4.14. The molecule has 0 heterocycles. The molecule has 0 radical (unpaired) electrons. The monoisotopic (exact) mass is 190 g/mol. The van der Waals surface area contributed by atoms with Crippen LogP contribution in [0.4, 0.5) is 0 Å². The average molecular weight is 190 g/mol. The van der Waals surface area contributed by atoms with Crippen molar-refractivity contribution in [3.05, 3.63) is 10.4 Å². The first kappa shape index (κ1) is 12.2. The van der Waals surface area contributed by atoms with Crippen LogP contribution in [0.2, 0.25) is 0 Å². The molecule has 0 saturated carbocycles. The van der Waals surface area contributed by atoms with Gasteiger partial charge in [0.05, 0.1) is 6.61 Å². The third-order valence-electron chi connectivity index (χ3n) is 1.69. The zero-order valence-electron chi connectivity index (χ0n) is 7.97. The predicted octanol–water partition coefficient (Wildman–Crippen LogP) is 1.61. The summed E-state index contributed by atoms with van der Waals surface area (Å²) in [7, 11) is 0. The molecule has 0 amide bonds. The van der Waals surface area contributed by atoms with Crippen molar-refractivity contribution in [3.63, 3.8) is 0 Å². The average Bonchev–Trinajstić information content (AvgIpc) is 1.98. The molecule has 0 aliphatic rings. The molecule has 0 aliphatic carbocycles. The zero-order valence-corrected chi connectivity index (χ0v) is 7.97. The van der Waals surface area contributed by atoms with Gasteiger partial charge < -0.3 is 10.4 Å². The summed E-state index contributed by atoms with van der Waals surface area (Å²) in [4.78, 5) is 3.45. The van der Waals surface area contributed by atoms with Gasteiger partial charge in [-0.2, -0.15) is 4.90 Å². The van der Waals surface area contributed by atoms with Crippen molar-refractivity contribution in [2.45, 2.75) is 26.7 Å². The Morgan fingerprint density at radius 2 is 2.08 bits per heavy atom. The van der Waals surface area contributed by atoms with E-state index in [9.17, 15) is 10.4 Å². The minimum Gasteiger partial charge on any atom is -0.613 e. The molecule has 5 heteroatoms. The summed E-state index contributed by atoms with van der Waals surface area (Å²) in [5.41, 5.74) is 0. The van der Waals surface area contributed by atoms with E-state index in [1.54, 1.807) is 0 Å². The first-order valence-corrected chi connectivity index (χ1v) is 4.31. The Balaban J connectivity index is 3.95. The Bertz CT molecular complexity index is 154. The molecule has 0 unspecified atom stereocenters. The Hall–Kier alpha value is -0.810.